The Morgan fingerprint density at radius 1 is 1.32 bits per heavy atom. The largest absolute Gasteiger partial charge is 0.325 e. The van der Waals surface area contributed by atoms with Gasteiger partial charge in [0.05, 0.1) is 16.8 Å². The van der Waals surface area contributed by atoms with Gasteiger partial charge in [-0.05, 0) is 36.8 Å². The van der Waals surface area contributed by atoms with Crippen molar-refractivity contribution in [3.8, 4) is 0 Å². The van der Waals surface area contributed by atoms with Crippen molar-refractivity contribution in [3.63, 3.8) is 0 Å². The predicted octanol–water partition coefficient (Wildman–Crippen LogP) is 3.22. The first-order chi connectivity index (χ1) is 12.1. The SMILES string of the molecule is O=C(C[C@@H]1SC(=N[C@@H]2C[C@@H]3C=C[C@H]2C3)NC1=O)Nc1ccccc1Cl. The number of hydrogen-bond acceptors (Lipinski definition) is 4. The lowest BCUT2D eigenvalue weighted by Gasteiger charge is -2.13. The van der Waals surface area contributed by atoms with Gasteiger partial charge < -0.3 is 10.6 Å². The molecule has 4 atom stereocenters. The van der Waals surface area contributed by atoms with Crippen LogP contribution in [0.4, 0.5) is 5.69 Å². The van der Waals surface area contributed by atoms with Crippen LogP contribution in [-0.4, -0.2) is 28.3 Å². The second-order valence-corrected chi connectivity index (χ2v) is 8.21. The number of aliphatic imine (C=N–C) groups is 1. The third-order valence-electron chi connectivity index (χ3n) is 4.82. The van der Waals surface area contributed by atoms with Crippen molar-refractivity contribution in [2.24, 2.45) is 16.8 Å². The molecule has 1 saturated heterocycles. The number of rotatable bonds is 4. The minimum atomic E-state index is -0.449. The third kappa shape index (κ3) is 3.60. The van der Waals surface area contributed by atoms with Crippen LogP contribution in [0.25, 0.3) is 0 Å². The smallest absolute Gasteiger partial charge is 0.240 e. The van der Waals surface area contributed by atoms with Gasteiger partial charge in [0.1, 0.15) is 5.25 Å². The number of benzene rings is 1. The molecule has 2 amide bonds. The standard InChI is InChI=1S/C18H18ClN3O2S/c19-12-3-1-2-4-13(12)20-16(23)9-15-17(24)22-18(25-15)21-14-8-10-5-6-11(14)7-10/h1-6,10-11,14-15H,7-9H2,(H,20,23)(H,21,22,24)/t10-,11+,14-,15+/m1/s1. The van der Waals surface area contributed by atoms with Gasteiger partial charge in [0, 0.05) is 6.42 Å². The van der Waals surface area contributed by atoms with E-state index in [-0.39, 0.29) is 24.3 Å². The van der Waals surface area contributed by atoms with Crippen molar-refractivity contribution in [2.75, 3.05) is 5.32 Å². The summed E-state index contributed by atoms with van der Waals surface area (Å²) in [6.07, 6.45) is 6.82. The first-order valence-corrected chi connectivity index (χ1v) is 9.62. The maximum Gasteiger partial charge on any atom is 0.240 e. The summed E-state index contributed by atoms with van der Waals surface area (Å²) in [7, 11) is 0. The van der Waals surface area contributed by atoms with Gasteiger partial charge in [-0.3, -0.25) is 14.6 Å². The highest BCUT2D eigenvalue weighted by molar-refractivity contribution is 8.15. The molecule has 0 unspecified atom stereocenters. The second kappa shape index (κ2) is 6.84. The quantitative estimate of drug-likeness (QED) is 0.794. The van der Waals surface area contributed by atoms with E-state index in [0.717, 1.165) is 6.42 Å². The van der Waals surface area contributed by atoms with Gasteiger partial charge in [0.2, 0.25) is 11.8 Å². The first kappa shape index (κ1) is 16.7. The molecular weight excluding hydrogens is 358 g/mol. The average molecular weight is 376 g/mol. The summed E-state index contributed by atoms with van der Waals surface area (Å²) in [5, 5.41) is 6.24. The Hall–Kier alpha value is -1.79. The van der Waals surface area contributed by atoms with Crippen molar-refractivity contribution in [1.29, 1.82) is 0 Å². The van der Waals surface area contributed by atoms with Gasteiger partial charge >= 0.3 is 0 Å². The summed E-state index contributed by atoms with van der Waals surface area (Å²) >= 11 is 7.39. The van der Waals surface area contributed by atoms with Crippen LogP contribution in [0, 0.1) is 11.8 Å². The molecule has 7 heteroatoms. The Kier molecular flexibility index (Phi) is 4.56. The number of para-hydroxylation sites is 1. The zero-order chi connectivity index (χ0) is 17.4. The molecule has 0 radical (unpaired) electrons. The molecule has 3 aliphatic rings. The summed E-state index contributed by atoms with van der Waals surface area (Å²) < 4.78 is 0. The fraction of sp³-hybridized carbons (Fsp3) is 0.389. The number of allylic oxidation sites excluding steroid dienone is 1. The van der Waals surface area contributed by atoms with Crippen LogP contribution < -0.4 is 10.6 Å². The average Bonchev–Trinajstić information content (AvgIpc) is 3.27. The zero-order valence-corrected chi connectivity index (χ0v) is 15.0. The Labute approximate surface area is 155 Å². The summed E-state index contributed by atoms with van der Waals surface area (Å²) in [5.41, 5.74) is 0.556. The van der Waals surface area contributed by atoms with Crippen LogP contribution in [0.2, 0.25) is 5.02 Å². The topological polar surface area (TPSA) is 70.6 Å². The maximum absolute atomic E-state index is 12.2. The minimum Gasteiger partial charge on any atom is -0.325 e. The van der Waals surface area contributed by atoms with Crippen molar-refractivity contribution < 1.29 is 9.59 Å². The normalized spacial score (nSPS) is 31.6. The van der Waals surface area contributed by atoms with Crippen LogP contribution in [0.15, 0.2) is 41.4 Å². The molecule has 1 aromatic carbocycles. The zero-order valence-electron chi connectivity index (χ0n) is 13.4. The molecule has 4 rings (SSSR count). The van der Waals surface area contributed by atoms with Crippen LogP contribution in [0.3, 0.4) is 0 Å². The van der Waals surface area contributed by atoms with E-state index >= 15 is 0 Å². The first-order valence-electron chi connectivity index (χ1n) is 8.36. The number of thioether (sulfide) groups is 1. The number of hydrogen-bond donors (Lipinski definition) is 2. The number of carbonyl (C=O) groups excluding carboxylic acids is 2. The molecule has 0 spiro atoms. The molecule has 5 nitrogen and oxygen atoms in total. The predicted molar refractivity (Wildman–Crippen MR) is 101 cm³/mol. The molecule has 2 aliphatic carbocycles. The van der Waals surface area contributed by atoms with Gasteiger partial charge in [-0.1, -0.05) is 47.6 Å². The van der Waals surface area contributed by atoms with Crippen molar-refractivity contribution >= 4 is 46.0 Å². The molecule has 1 aliphatic heterocycles. The number of nitrogens with one attached hydrogen (secondary N) is 2. The molecule has 25 heavy (non-hydrogen) atoms. The number of carbonyl (C=O) groups is 2. The van der Waals surface area contributed by atoms with Crippen LogP contribution >= 0.6 is 23.4 Å². The Morgan fingerprint density at radius 3 is 2.88 bits per heavy atom. The van der Waals surface area contributed by atoms with Crippen LogP contribution in [0.1, 0.15) is 19.3 Å². The lowest BCUT2D eigenvalue weighted by Crippen LogP contribution is -2.28. The molecule has 1 aromatic rings. The van der Waals surface area contributed by atoms with Gasteiger partial charge in [-0.15, -0.1) is 0 Å². The van der Waals surface area contributed by atoms with E-state index in [2.05, 4.69) is 22.8 Å². The number of nitrogens with zero attached hydrogens (tertiary/aromatic N) is 1. The number of amides is 2. The number of anilines is 1. The van der Waals surface area contributed by atoms with Crippen LogP contribution in [0.5, 0.6) is 0 Å². The molecule has 1 saturated carbocycles. The van der Waals surface area contributed by atoms with Crippen molar-refractivity contribution in [1.82, 2.24) is 5.32 Å². The molecule has 0 aromatic heterocycles. The molecule has 2 fully saturated rings. The van der Waals surface area contributed by atoms with E-state index in [0.29, 0.717) is 27.7 Å². The molecule has 1 heterocycles. The van der Waals surface area contributed by atoms with Crippen molar-refractivity contribution in [3.05, 3.63) is 41.4 Å². The van der Waals surface area contributed by atoms with E-state index in [4.69, 9.17) is 16.6 Å². The maximum atomic E-state index is 12.2. The summed E-state index contributed by atoms with van der Waals surface area (Å²) in [5.74, 6) is 0.748. The highest BCUT2D eigenvalue weighted by Gasteiger charge is 2.38. The van der Waals surface area contributed by atoms with Gasteiger partial charge in [0.25, 0.3) is 0 Å². The van der Waals surface area contributed by atoms with Crippen molar-refractivity contribution in [2.45, 2.75) is 30.6 Å². The van der Waals surface area contributed by atoms with Gasteiger partial charge in [0.15, 0.2) is 5.17 Å². The number of amidine groups is 1. The summed E-state index contributed by atoms with van der Waals surface area (Å²) in [4.78, 5) is 29.1. The Bertz CT molecular complexity index is 779. The van der Waals surface area contributed by atoms with Gasteiger partial charge in [-0.25, -0.2) is 0 Å². The Balaban J connectivity index is 1.35. The lowest BCUT2D eigenvalue weighted by molar-refractivity contribution is -0.122. The molecule has 2 N–H and O–H groups in total. The fourth-order valence-electron chi connectivity index (χ4n) is 3.58. The molecular formula is C18H18ClN3O2S. The molecule has 2 bridgehead atoms. The van der Waals surface area contributed by atoms with E-state index in [9.17, 15) is 9.59 Å². The third-order valence-corrected chi connectivity index (χ3v) is 6.25. The monoisotopic (exact) mass is 375 g/mol. The van der Waals surface area contributed by atoms with E-state index < -0.39 is 5.25 Å². The molecule has 130 valence electrons. The van der Waals surface area contributed by atoms with E-state index in [1.807, 2.05) is 0 Å². The summed E-state index contributed by atoms with van der Waals surface area (Å²) in [6, 6.07) is 7.30. The number of fused-ring (bicyclic) bond motifs is 2. The Morgan fingerprint density at radius 2 is 2.16 bits per heavy atom. The minimum absolute atomic E-state index is 0.0946. The second-order valence-electron chi connectivity index (χ2n) is 6.61. The van der Waals surface area contributed by atoms with Crippen LogP contribution in [-0.2, 0) is 9.59 Å². The van der Waals surface area contributed by atoms with Gasteiger partial charge in [-0.2, -0.15) is 0 Å². The summed E-state index contributed by atoms with van der Waals surface area (Å²) in [6.45, 7) is 0. The fourth-order valence-corrected chi connectivity index (χ4v) is 4.79. The number of halogens is 1. The lowest BCUT2D eigenvalue weighted by atomic mass is 10.0. The highest BCUT2D eigenvalue weighted by Crippen LogP contribution is 2.41. The van der Waals surface area contributed by atoms with E-state index in [1.165, 1.54) is 18.2 Å². The highest BCUT2D eigenvalue weighted by atomic mass is 35.5. The van der Waals surface area contributed by atoms with E-state index in [1.54, 1.807) is 24.3 Å².